The van der Waals surface area contributed by atoms with Gasteiger partial charge in [0, 0.05) is 18.6 Å². The molecule has 4 nitrogen and oxygen atoms in total. The minimum atomic E-state index is -0.0129. The molecule has 3 aliphatic rings. The molecule has 0 spiro atoms. The van der Waals surface area contributed by atoms with E-state index in [1.165, 1.54) is 12.0 Å². The van der Waals surface area contributed by atoms with Crippen molar-refractivity contribution in [1.29, 1.82) is 0 Å². The maximum atomic E-state index is 13.0. The Morgan fingerprint density at radius 2 is 2.00 bits per heavy atom. The number of hydrogen-bond acceptors (Lipinski definition) is 3. The van der Waals surface area contributed by atoms with Gasteiger partial charge >= 0.3 is 0 Å². The SMILES string of the molecule is Cl.O=C(C1COc2ccccc2C1)N1C2CCNCC1CC2. The molecule has 1 amide bonds. The molecule has 2 bridgehead atoms. The van der Waals surface area contributed by atoms with Gasteiger partial charge in [0.15, 0.2) is 0 Å². The molecule has 3 aliphatic heterocycles. The first-order valence-corrected chi connectivity index (χ1v) is 8.06. The number of carbonyl (C=O) groups excluding carboxylic acids is 1. The molecule has 0 saturated carbocycles. The molecule has 2 saturated heterocycles. The number of rotatable bonds is 1. The number of benzene rings is 1. The monoisotopic (exact) mass is 322 g/mol. The summed E-state index contributed by atoms with van der Waals surface area (Å²) >= 11 is 0. The summed E-state index contributed by atoms with van der Waals surface area (Å²) in [7, 11) is 0. The van der Waals surface area contributed by atoms with Crippen LogP contribution < -0.4 is 10.1 Å². The van der Waals surface area contributed by atoms with Gasteiger partial charge in [0.2, 0.25) is 5.91 Å². The van der Waals surface area contributed by atoms with Crippen molar-refractivity contribution >= 4 is 18.3 Å². The molecule has 1 N–H and O–H groups in total. The molecule has 3 unspecified atom stereocenters. The molecule has 4 rings (SSSR count). The van der Waals surface area contributed by atoms with E-state index in [0.29, 0.717) is 24.6 Å². The quantitative estimate of drug-likeness (QED) is 0.860. The third kappa shape index (κ3) is 2.70. The molecule has 1 aromatic carbocycles. The Bertz CT molecular complexity index is 537. The average Bonchev–Trinajstić information content (AvgIpc) is 2.79. The lowest BCUT2D eigenvalue weighted by Gasteiger charge is -2.33. The van der Waals surface area contributed by atoms with Gasteiger partial charge in [0.1, 0.15) is 12.4 Å². The number of para-hydroxylation sites is 1. The second-order valence-electron chi connectivity index (χ2n) is 6.44. The minimum Gasteiger partial charge on any atom is -0.492 e. The molecular weight excluding hydrogens is 300 g/mol. The molecule has 0 radical (unpaired) electrons. The van der Waals surface area contributed by atoms with Gasteiger partial charge in [-0.25, -0.2) is 0 Å². The molecule has 0 aliphatic carbocycles. The van der Waals surface area contributed by atoms with Crippen molar-refractivity contribution in [3.05, 3.63) is 29.8 Å². The fraction of sp³-hybridized carbons (Fsp3) is 0.588. The topological polar surface area (TPSA) is 41.6 Å². The Kier molecular flexibility index (Phi) is 4.59. The molecule has 3 heterocycles. The molecule has 120 valence electrons. The first-order chi connectivity index (χ1) is 10.3. The first kappa shape index (κ1) is 15.6. The lowest BCUT2D eigenvalue weighted by atomic mass is 9.95. The summed E-state index contributed by atoms with van der Waals surface area (Å²) in [4.78, 5) is 15.2. The van der Waals surface area contributed by atoms with E-state index in [4.69, 9.17) is 4.74 Å². The van der Waals surface area contributed by atoms with Crippen molar-refractivity contribution in [3.63, 3.8) is 0 Å². The van der Waals surface area contributed by atoms with Crippen molar-refractivity contribution < 1.29 is 9.53 Å². The molecule has 2 fully saturated rings. The van der Waals surface area contributed by atoms with Crippen LogP contribution in [0.1, 0.15) is 24.8 Å². The number of fused-ring (bicyclic) bond motifs is 3. The van der Waals surface area contributed by atoms with E-state index in [2.05, 4.69) is 16.3 Å². The van der Waals surface area contributed by atoms with Crippen molar-refractivity contribution in [2.45, 2.75) is 37.8 Å². The third-order valence-electron chi connectivity index (χ3n) is 5.14. The van der Waals surface area contributed by atoms with Crippen LogP contribution in [0.15, 0.2) is 24.3 Å². The van der Waals surface area contributed by atoms with Gasteiger partial charge in [0.05, 0.1) is 5.92 Å². The van der Waals surface area contributed by atoms with Crippen LogP contribution in [0.4, 0.5) is 0 Å². The number of halogens is 1. The van der Waals surface area contributed by atoms with Gasteiger partial charge in [-0.1, -0.05) is 18.2 Å². The fourth-order valence-corrected chi connectivity index (χ4v) is 4.04. The van der Waals surface area contributed by atoms with Crippen molar-refractivity contribution in [3.8, 4) is 5.75 Å². The van der Waals surface area contributed by atoms with E-state index in [1.54, 1.807) is 0 Å². The van der Waals surface area contributed by atoms with Gasteiger partial charge in [-0.05, 0) is 43.9 Å². The summed E-state index contributed by atoms with van der Waals surface area (Å²) in [6, 6.07) is 8.91. The molecule has 0 aromatic heterocycles. The molecule has 1 aromatic rings. The minimum absolute atomic E-state index is 0. The van der Waals surface area contributed by atoms with Crippen LogP contribution in [0.2, 0.25) is 0 Å². The average molecular weight is 323 g/mol. The van der Waals surface area contributed by atoms with E-state index in [0.717, 1.165) is 38.1 Å². The molecule has 3 atom stereocenters. The number of nitrogens with one attached hydrogen (secondary N) is 1. The zero-order chi connectivity index (χ0) is 14.2. The first-order valence-electron chi connectivity index (χ1n) is 8.06. The maximum absolute atomic E-state index is 13.0. The maximum Gasteiger partial charge on any atom is 0.230 e. The lowest BCUT2D eigenvalue weighted by molar-refractivity contribution is -0.139. The Hall–Kier alpha value is -1.26. The zero-order valence-corrected chi connectivity index (χ0v) is 13.5. The van der Waals surface area contributed by atoms with Gasteiger partial charge in [-0.15, -0.1) is 12.4 Å². The van der Waals surface area contributed by atoms with Crippen LogP contribution in [0, 0.1) is 5.92 Å². The van der Waals surface area contributed by atoms with Crippen LogP contribution in [-0.2, 0) is 11.2 Å². The number of ether oxygens (including phenoxy) is 1. The normalized spacial score (nSPS) is 29.8. The summed E-state index contributed by atoms with van der Waals surface area (Å²) in [5.74, 6) is 1.24. The second-order valence-corrected chi connectivity index (χ2v) is 6.44. The van der Waals surface area contributed by atoms with Crippen LogP contribution in [0.5, 0.6) is 5.75 Å². The van der Waals surface area contributed by atoms with Gasteiger partial charge in [0.25, 0.3) is 0 Å². The largest absolute Gasteiger partial charge is 0.492 e. The van der Waals surface area contributed by atoms with E-state index >= 15 is 0 Å². The number of hydrogen-bond donors (Lipinski definition) is 1. The number of carbonyl (C=O) groups is 1. The predicted molar refractivity (Wildman–Crippen MR) is 87.5 cm³/mol. The van der Waals surface area contributed by atoms with Gasteiger partial charge in [-0.3, -0.25) is 4.79 Å². The summed E-state index contributed by atoms with van der Waals surface area (Å²) in [5, 5.41) is 3.46. The highest BCUT2D eigenvalue weighted by molar-refractivity contribution is 5.85. The predicted octanol–water partition coefficient (Wildman–Crippen LogP) is 2.01. The Morgan fingerprint density at radius 3 is 2.91 bits per heavy atom. The van der Waals surface area contributed by atoms with E-state index in [9.17, 15) is 4.79 Å². The summed E-state index contributed by atoms with van der Waals surface area (Å²) in [6.45, 7) is 2.51. The van der Waals surface area contributed by atoms with E-state index in [-0.39, 0.29) is 18.3 Å². The third-order valence-corrected chi connectivity index (χ3v) is 5.14. The second kappa shape index (κ2) is 6.47. The Labute approximate surface area is 137 Å². The van der Waals surface area contributed by atoms with E-state index < -0.39 is 0 Å². The number of nitrogens with zero attached hydrogens (tertiary/aromatic N) is 1. The van der Waals surface area contributed by atoms with Gasteiger partial charge < -0.3 is 15.0 Å². The van der Waals surface area contributed by atoms with Gasteiger partial charge in [-0.2, -0.15) is 0 Å². The smallest absolute Gasteiger partial charge is 0.230 e. The molecule has 5 heteroatoms. The number of amides is 1. The standard InChI is InChI=1S/C17H22N2O2.ClH/c20-17(19-14-5-6-15(19)10-18-8-7-14)13-9-12-3-1-2-4-16(12)21-11-13;/h1-4,13-15,18H,5-11H2;1H. The molecular formula is C17H23ClN2O2. The highest BCUT2D eigenvalue weighted by atomic mass is 35.5. The zero-order valence-electron chi connectivity index (χ0n) is 12.7. The summed E-state index contributed by atoms with van der Waals surface area (Å²) < 4.78 is 5.81. The Morgan fingerprint density at radius 1 is 1.18 bits per heavy atom. The molecule has 22 heavy (non-hydrogen) atoms. The van der Waals surface area contributed by atoms with Crippen LogP contribution in [0.25, 0.3) is 0 Å². The summed E-state index contributed by atoms with van der Waals surface area (Å²) in [6.07, 6.45) is 4.22. The highest BCUT2D eigenvalue weighted by Gasteiger charge is 2.41. The van der Waals surface area contributed by atoms with Crippen LogP contribution >= 0.6 is 12.4 Å². The summed E-state index contributed by atoms with van der Waals surface area (Å²) in [5.41, 5.74) is 1.17. The van der Waals surface area contributed by atoms with Crippen molar-refractivity contribution in [2.75, 3.05) is 19.7 Å². The Balaban J connectivity index is 0.00000144. The van der Waals surface area contributed by atoms with E-state index in [1.807, 2.05) is 18.2 Å². The lowest BCUT2D eigenvalue weighted by Crippen LogP contribution is -2.47. The van der Waals surface area contributed by atoms with Crippen LogP contribution in [-0.4, -0.2) is 42.6 Å². The van der Waals surface area contributed by atoms with Crippen molar-refractivity contribution in [1.82, 2.24) is 10.2 Å². The van der Waals surface area contributed by atoms with Crippen LogP contribution in [0.3, 0.4) is 0 Å². The van der Waals surface area contributed by atoms with Crippen molar-refractivity contribution in [2.24, 2.45) is 5.92 Å². The highest BCUT2D eigenvalue weighted by Crippen LogP contribution is 2.33. The fourth-order valence-electron chi connectivity index (χ4n) is 4.04.